The summed E-state index contributed by atoms with van der Waals surface area (Å²) in [6.45, 7) is 4.44. The average Bonchev–Trinajstić information content (AvgIpc) is 2.78. The van der Waals surface area contributed by atoms with Gasteiger partial charge in [-0.2, -0.15) is 0 Å². The van der Waals surface area contributed by atoms with E-state index in [1.165, 1.54) is 48.8 Å². The SMILES string of the molecule is CC(C)N(c1ccccn1)c1ccc2c3cccc4cccc(c5cccc1c52)c43. The number of hydrogen-bond donors (Lipinski definition) is 0. The Kier molecular flexibility index (Phi) is 3.69. The Morgan fingerprint density at radius 3 is 1.90 bits per heavy atom. The largest absolute Gasteiger partial charge is 0.323 e. The number of fused-ring (bicyclic) bond motifs is 2. The van der Waals surface area contributed by atoms with Crippen LogP contribution >= 0.6 is 0 Å². The lowest BCUT2D eigenvalue weighted by molar-refractivity contribution is 0.780. The Bertz CT molecular complexity index is 1470. The van der Waals surface area contributed by atoms with E-state index in [2.05, 4.69) is 103 Å². The minimum atomic E-state index is 0.288. The van der Waals surface area contributed by atoms with E-state index in [9.17, 15) is 0 Å². The number of anilines is 2. The Labute approximate surface area is 175 Å². The number of benzene rings is 5. The first-order chi connectivity index (χ1) is 14.7. The third-order valence-corrected chi connectivity index (χ3v) is 6.17. The van der Waals surface area contributed by atoms with E-state index in [1.54, 1.807) is 0 Å². The van der Waals surface area contributed by atoms with Gasteiger partial charge in [0.1, 0.15) is 5.82 Å². The van der Waals surface area contributed by atoms with Crippen LogP contribution in [0.25, 0.3) is 43.1 Å². The van der Waals surface area contributed by atoms with Gasteiger partial charge in [0.2, 0.25) is 0 Å². The molecule has 5 aromatic carbocycles. The number of rotatable bonds is 3. The van der Waals surface area contributed by atoms with Crippen molar-refractivity contribution in [1.29, 1.82) is 0 Å². The summed E-state index contributed by atoms with van der Waals surface area (Å²) in [5, 5.41) is 10.6. The van der Waals surface area contributed by atoms with Crippen molar-refractivity contribution in [3.05, 3.63) is 91.1 Å². The van der Waals surface area contributed by atoms with Crippen LogP contribution in [0.2, 0.25) is 0 Å². The van der Waals surface area contributed by atoms with E-state index in [4.69, 9.17) is 0 Å². The fourth-order valence-corrected chi connectivity index (χ4v) is 5.00. The molecule has 0 atom stereocenters. The molecule has 0 saturated heterocycles. The molecule has 0 radical (unpaired) electrons. The van der Waals surface area contributed by atoms with E-state index in [0.29, 0.717) is 0 Å². The molecule has 0 aliphatic carbocycles. The summed E-state index contributed by atoms with van der Waals surface area (Å²) in [6, 6.07) is 31.0. The summed E-state index contributed by atoms with van der Waals surface area (Å²) in [7, 11) is 0. The Hall–Kier alpha value is -3.65. The highest BCUT2D eigenvalue weighted by Gasteiger charge is 2.20. The summed E-state index contributed by atoms with van der Waals surface area (Å²) in [6.07, 6.45) is 1.87. The van der Waals surface area contributed by atoms with Crippen LogP contribution in [0.5, 0.6) is 0 Å². The zero-order valence-corrected chi connectivity index (χ0v) is 17.1. The topological polar surface area (TPSA) is 16.1 Å². The minimum Gasteiger partial charge on any atom is -0.323 e. The molecule has 0 aliphatic heterocycles. The van der Waals surface area contributed by atoms with Crippen LogP contribution in [-0.4, -0.2) is 11.0 Å². The molecule has 1 aromatic heterocycles. The van der Waals surface area contributed by atoms with E-state index in [-0.39, 0.29) is 6.04 Å². The van der Waals surface area contributed by atoms with E-state index >= 15 is 0 Å². The molecule has 0 bridgehead atoms. The van der Waals surface area contributed by atoms with Crippen molar-refractivity contribution < 1.29 is 0 Å². The first kappa shape index (κ1) is 17.2. The van der Waals surface area contributed by atoms with E-state index in [0.717, 1.165) is 5.82 Å². The van der Waals surface area contributed by atoms with Gasteiger partial charge in [-0.3, -0.25) is 0 Å². The molecule has 6 aromatic rings. The van der Waals surface area contributed by atoms with Crippen molar-refractivity contribution in [3.63, 3.8) is 0 Å². The maximum absolute atomic E-state index is 4.66. The number of hydrogen-bond acceptors (Lipinski definition) is 2. The maximum atomic E-state index is 4.66. The first-order valence-electron chi connectivity index (χ1n) is 10.5. The second-order valence-corrected chi connectivity index (χ2v) is 8.22. The molecule has 0 saturated carbocycles. The number of pyridine rings is 1. The van der Waals surface area contributed by atoms with Crippen LogP contribution in [-0.2, 0) is 0 Å². The zero-order valence-electron chi connectivity index (χ0n) is 17.1. The van der Waals surface area contributed by atoms with Gasteiger partial charge in [0.25, 0.3) is 0 Å². The predicted octanol–water partition coefficient (Wildman–Crippen LogP) is 7.68. The summed E-state index contributed by atoms with van der Waals surface area (Å²) in [4.78, 5) is 6.99. The second kappa shape index (κ2) is 6.43. The lowest BCUT2D eigenvalue weighted by atomic mass is 9.89. The van der Waals surface area contributed by atoms with Crippen LogP contribution in [0.1, 0.15) is 13.8 Å². The fraction of sp³-hybridized carbons (Fsp3) is 0.107. The molecule has 0 N–H and O–H groups in total. The molecule has 1 heterocycles. The van der Waals surface area contributed by atoms with E-state index in [1.807, 2.05) is 12.3 Å². The normalized spacial score (nSPS) is 12.0. The van der Waals surface area contributed by atoms with Crippen LogP contribution in [0.15, 0.2) is 91.1 Å². The van der Waals surface area contributed by atoms with Crippen LogP contribution in [0.3, 0.4) is 0 Å². The standard InChI is InChI=1S/C28H22N2/c1-18(2)30(26-14-3-4-17-29-26)25-16-15-23-21-11-6-9-19-8-5-10-20(27(19)21)22-12-7-13-24(25)28(22)23/h3-18H,1-2H3. The summed E-state index contributed by atoms with van der Waals surface area (Å²) < 4.78 is 0. The molecule has 0 fully saturated rings. The van der Waals surface area contributed by atoms with Gasteiger partial charge in [-0.25, -0.2) is 4.98 Å². The Balaban J connectivity index is 1.78. The summed E-state index contributed by atoms with van der Waals surface area (Å²) in [5.74, 6) is 0.978. The fourth-order valence-electron chi connectivity index (χ4n) is 5.00. The second-order valence-electron chi connectivity index (χ2n) is 8.22. The highest BCUT2D eigenvalue weighted by Crippen LogP contribution is 2.43. The van der Waals surface area contributed by atoms with Crippen molar-refractivity contribution in [3.8, 4) is 0 Å². The van der Waals surface area contributed by atoms with Crippen molar-refractivity contribution >= 4 is 54.6 Å². The van der Waals surface area contributed by atoms with Crippen molar-refractivity contribution in [2.45, 2.75) is 19.9 Å². The zero-order chi connectivity index (χ0) is 20.2. The summed E-state index contributed by atoms with van der Waals surface area (Å²) >= 11 is 0. The van der Waals surface area contributed by atoms with Gasteiger partial charge in [0, 0.05) is 17.6 Å². The average molecular weight is 386 g/mol. The third-order valence-electron chi connectivity index (χ3n) is 6.17. The molecule has 0 amide bonds. The van der Waals surface area contributed by atoms with Crippen molar-refractivity contribution in [1.82, 2.24) is 4.98 Å². The van der Waals surface area contributed by atoms with Crippen LogP contribution in [0.4, 0.5) is 11.5 Å². The smallest absolute Gasteiger partial charge is 0.133 e. The van der Waals surface area contributed by atoms with Crippen LogP contribution < -0.4 is 4.90 Å². The Morgan fingerprint density at radius 1 is 0.600 bits per heavy atom. The first-order valence-corrected chi connectivity index (χ1v) is 10.5. The Morgan fingerprint density at radius 2 is 1.23 bits per heavy atom. The quantitative estimate of drug-likeness (QED) is 0.229. The lowest BCUT2D eigenvalue weighted by Crippen LogP contribution is -2.26. The van der Waals surface area contributed by atoms with Gasteiger partial charge in [0.15, 0.2) is 0 Å². The van der Waals surface area contributed by atoms with Gasteiger partial charge >= 0.3 is 0 Å². The molecule has 30 heavy (non-hydrogen) atoms. The predicted molar refractivity (Wildman–Crippen MR) is 129 cm³/mol. The third kappa shape index (κ3) is 2.34. The van der Waals surface area contributed by atoms with Gasteiger partial charge in [-0.15, -0.1) is 0 Å². The van der Waals surface area contributed by atoms with Crippen molar-refractivity contribution in [2.24, 2.45) is 0 Å². The molecule has 0 unspecified atom stereocenters. The summed E-state index contributed by atoms with van der Waals surface area (Å²) in [5.41, 5.74) is 1.20. The van der Waals surface area contributed by atoms with Gasteiger partial charge in [0.05, 0.1) is 5.69 Å². The highest BCUT2D eigenvalue weighted by atomic mass is 15.2. The molecule has 6 rings (SSSR count). The number of aromatic nitrogens is 1. The highest BCUT2D eigenvalue weighted by molar-refractivity contribution is 6.34. The number of nitrogens with zero attached hydrogens (tertiary/aromatic N) is 2. The molecular weight excluding hydrogens is 364 g/mol. The molecular formula is C28H22N2. The van der Waals surface area contributed by atoms with Gasteiger partial charge in [-0.05, 0) is 69.8 Å². The molecule has 2 nitrogen and oxygen atoms in total. The lowest BCUT2D eigenvalue weighted by Gasteiger charge is -2.30. The van der Waals surface area contributed by atoms with Crippen LogP contribution in [0, 0.1) is 0 Å². The molecule has 0 aliphatic rings. The van der Waals surface area contributed by atoms with Gasteiger partial charge < -0.3 is 4.90 Å². The molecule has 144 valence electrons. The van der Waals surface area contributed by atoms with Gasteiger partial charge in [-0.1, -0.05) is 66.7 Å². The molecule has 2 heteroatoms. The van der Waals surface area contributed by atoms with Crippen molar-refractivity contribution in [2.75, 3.05) is 4.90 Å². The maximum Gasteiger partial charge on any atom is 0.133 e. The monoisotopic (exact) mass is 386 g/mol. The minimum absolute atomic E-state index is 0.288. The van der Waals surface area contributed by atoms with E-state index < -0.39 is 0 Å². The molecule has 0 spiro atoms.